The van der Waals surface area contributed by atoms with E-state index in [0.29, 0.717) is 10.9 Å². The van der Waals surface area contributed by atoms with Crippen molar-refractivity contribution in [2.45, 2.75) is 12.3 Å². The second kappa shape index (κ2) is 5.54. The van der Waals surface area contributed by atoms with Gasteiger partial charge in [0.05, 0.1) is 10.2 Å². The van der Waals surface area contributed by atoms with Gasteiger partial charge in [0.1, 0.15) is 0 Å². The number of hydrogen-bond donors (Lipinski definition) is 0. The van der Waals surface area contributed by atoms with Crippen molar-refractivity contribution in [3.05, 3.63) is 65.2 Å². The molecule has 0 saturated carbocycles. The standard InChI is InChI=1S/C18H16N2OS/c21-18(17-19-15-8-4-5-9-16(15)22-17)20-11-10-14(12-20)13-6-2-1-3-7-13/h1-9,14H,10-12H2/t14-/m1/s1. The van der Waals surface area contributed by atoms with Gasteiger partial charge in [-0.05, 0) is 24.1 Å². The first-order valence-electron chi connectivity index (χ1n) is 7.51. The summed E-state index contributed by atoms with van der Waals surface area (Å²) in [4.78, 5) is 19.1. The molecule has 1 aliphatic rings. The molecule has 0 spiro atoms. The number of likely N-dealkylation sites (tertiary alicyclic amines) is 1. The molecule has 4 rings (SSSR count). The van der Waals surface area contributed by atoms with Crippen LogP contribution in [0.15, 0.2) is 54.6 Å². The lowest BCUT2D eigenvalue weighted by Crippen LogP contribution is -2.28. The Morgan fingerprint density at radius 3 is 2.68 bits per heavy atom. The Morgan fingerprint density at radius 1 is 1.09 bits per heavy atom. The van der Waals surface area contributed by atoms with Crippen LogP contribution in [0.5, 0.6) is 0 Å². The van der Waals surface area contributed by atoms with Gasteiger partial charge in [-0.15, -0.1) is 11.3 Å². The third-order valence-corrected chi connectivity index (χ3v) is 5.25. The number of amides is 1. The van der Waals surface area contributed by atoms with Crippen molar-refractivity contribution in [2.75, 3.05) is 13.1 Å². The van der Waals surface area contributed by atoms with Gasteiger partial charge in [-0.3, -0.25) is 4.79 Å². The fraction of sp³-hybridized carbons (Fsp3) is 0.222. The van der Waals surface area contributed by atoms with Gasteiger partial charge >= 0.3 is 0 Å². The van der Waals surface area contributed by atoms with E-state index in [0.717, 1.165) is 29.7 Å². The Kier molecular flexibility index (Phi) is 3.39. The second-order valence-electron chi connectivity index (χ2n) is 5.63. The molecule has 3 aromatic rings. The first-order chi connectivity index (χ1) is 10.8. The van der Waals surface area contributed by atoms with Crippen molar-refractivity contribution in [3.8, 4) is 0 Å². The zero-order chi connectivity index (χ0) is 14.9. The van der Waals surface area contributed by atoms with E-state index in [4.69, 9.17) is 0 Å². The van der Waals surface area contributed by atoms with E-state index in [9.17, 15) is 4.79 Å². The van der Waals surface area contributed by atoms with E-state index >= 15 is 0 Å². The summed E-state index contributed by atoms with van der Waals surface area (Å²) in [7, 11) is 0. The second-order valence-corrected chi connectivity index (χ2v) is 6.66. The van der Waals surface area contributed by atoms with E-state index in [1.54, 1.807) is 0 Å². The first-order valence-corrected chi connectivity index (χ1v) is 8.33. The average molecular weight is 308 g/mol. The number of hydrogen-bond acceptors (Lipinski definition) is 3. The maximum Gasteiger partial charge on any atom is 0.282 e. The molecule has 1 aromatic heterocycles. The fourth-order valence-corrected chi connectivity index (χ4v) is 3.97. The Balaban J connectivity index is 1.54. The van der Waals surface area contributed by atoms with Crippen LogP contribution in [0.2, 0.25) is 0 Å². The lowest BCUT2D eigenvalue weighted by Gasteiger charge is -2.15. The zero-order valence-electron chi connectivity index (χ0n) is 12.1. The largest absolute Gasteiger partial charge is 0.336 e. The van der Waals surface area contributed by atoms with Crippen LogP contribution in [0.25, 0.3) is 10.2 Å². The summed E-state index contributed by atoms with van der Waals surface area (Å²) in [5.41, 5.74) is 2.23. The van der Waals surface area contributed by atoms with Crippen LogP contribution in [-0.4, -0.2) is 28.9 Å². The summed E-state index contributed by atoms with van der Waals surface area (Å²) in [6, 6.07) is 18.4. The number of thiazole rings is 1. The number of carbonyl (C=O) groups excluding carboxylic acids is 1. The Bertz CT molecular complexity index is 779. The molecule has 2 aromatic carbocycles. The third-order valence-electron chi connectivity index (χ3n) is 4.22. The average Bonchev–Trinajstić information content (AvgIpc) is 3.22. The summed E-state index contributed by atoms with van der Waals surface area (Å²) < 4.78 is 1.07. The van der Waals surface area contributed by atoms with Gasteiger partial charge < -0.3 is 4.90 Å². The molecular formula is C18H16N2OS. The maximum absolute atomic E-state index is 12.7. The van der Waals surface area contributed by atoms with Gasteiger partial charge in [-0.25, -0.2) is 4.98 Å². The molecule has 1 saturated heterocycles. The first kappa shape index (κ1) is 13.5. The minimum Gasteiger partial charge on any atom is -0.336 e. The van der Waals surface area contributed by atoms with E-state index < -0.39 is 0 Å². The van der Waals surface area contributed by atoms with Crippen molar-refractivity contribution in [1.29, 1.82) is 0 Å². The molecule has 3 nitrogen and oxygen atoms in total. The minimum absolute atomic E-state index is 0.0691. The van der Waals surface area contributed by atoms with Crippen molar-refractivity contribution in [3.63, 3.8) is 0 Å². The van der Waals surface area contributed by atoms with E-state index in [2.05, 4.69) is 29.2 Å². The monoisotopic (exact) mass is 308 g/mol. The SMILES string of the molecule is O=C(c1nc2ccccc2s1)N1CC[C@@H](c2ccccc2)C1. The van der Waals surface area contributed by atoms with Gasteiger partial charge in [0.25, 0.3) is 5.91 Å². The molecular weight excluding hydrogens is 292 g/mol. The highest BCUT2D eigenvalue weighted by molar-refractivity contribution is 7.20. The van der Waals surface area contributed by atoms with Gasteiger partial charge in [0.2, 0.25) is 0 Å². The lowest BCUT2D eigenvalue weighted by molar-refractivity contribution is 0.0790. The van der Waals surface area contributed by atoms with Gasteiger partial charge in [0.15, 0.2) is 5.01 Å². The third kappa shape index (κ3) is 2.40. The molecule has 2 heterocycles. The number of aromatic nitrogens is 1. The molecule has 0 radical (unpaired) electrons. The van der Waals surface area contributed by atoms with E-state index in [1.165, 1.54) is 16.9 Å². The maximum atomic E-state index is 12.7. The quantitative estimate of drug-likeness (QED) is 0.719. The molecule has 0 unspecified atom stereocenters. The van der Waals surface area contributed by atoms with Crippen LogP contribution < -0.4 is 0 Å². The number of nitrogens with zero attached hydrogens (tertiary/aromatic N) is 2. The number of benzene rings is 2. The highest BCUT2D eigenvalue weighted by Crippen LogP contribution is 2.29. The Labute approximate surface area is 133 Å². The van der Waals surface area contributed by atoms with Crippen molar-refractivity contribution in [1.82, 2.24) is 9.88 Å². The van der Waals surface area contributed by atoms with Crippen molar-refractivity contribution in [2.24, 2.45) is 0 Å². The van der Waals surface area contributed by atoms with Gasteiger partial charge in [-0.2, -0.15) is 0 Å². The number of rotatable bonds is 2. The van der Waals surface area contributed by atoms with E-state index in [1.807, 2.05) is 35.2 Å². The zero-order valence-corrected chi connectivity index (χ0v) is 12.9. The van der Waals surface area contributed by atoms with Crippen LogP contribution in [0, 0.1) is 0 Å². The van der Waals surface area contributed by atoms with Crippen LogP contribution in [0.3, 0.4) is 0 Å². The van der Waals surface area contributed by atoms with Crippen LogP contribution in [0.1, 0.15) is 27.7 Å². The number of fused-ring (bicyclic) bond motifs is 1. The van der Waals surface area contributed by atoms with Gasteiger partial charge in [-0.1, -0.05) is 42.5 Å². The van der Waals surface area contributed by atoms with Gasteiger partial charge in [0, 0.05) is 19.0 Å². The normalized spacial score (nSPS) is 18.0. The topological polar surface area (TPSA) is 33.2 Å². The summed E-state index contributed by atoms with van der Waals surface area (Å²) in [5, 5.41) is 0.606. The van der Waals surface area contributed by atoms with E-state index in [-0.39, 0.29) is 5.91 Å². The number of para-hydroxylation sites is 1. The van der Waals surface area contributed by atoms with Crippen molar-refractivity contribution < 1.29 is 4.79 Å². The van der Waals surface area contributed by atoms with Crippen molar-refractivity contribution >= 4 is 27.5 Å². The summed E-state index contributed by atoms with van der Waals surface area (Å²) >= 11 is 1.49. The predicted octanol–water partition coefficient (Wildman–Crippen LogP) is 3.93. The molecule has 22 heavy (non-hydrogen) atoms. The van der Waals surface area contributed by atoms with Crippen LogP contribution in [-0.2, 0) is 0 Å². The summed E-state index contributed by atoms with van der Waals surface area (Å²) in [5.74, 6) is 0.513. The Hall–Kier alpha value is -2.20. The van der Waals surface area contributed by atoms with Crippen LogP contribution >= 0.6 is 11.3 Å². The lowest BCUT2D eigenvalue weighted by atomic mass is 9.99. The summed E-state index contributed by atoms with van der Waals surface area (Å²) in [6.45, 7) is 1.60. The molecule has 1 aliphatic heterocycles. The molecule has 1 fully saturated rings. The minimum atomic E-state index is 0.0691. The molecule has 0 bridgehead atoms. The Morgan fingerprint density at radius 2 is 1.86 bits per heavy atom. The molecule has 0 N–H and O–H groups in total. The fourth-order valence-electron chi connectivity index (χ4n) is 3.04. The number of carbonyl (C=O) groups is 1. The summed E-state index contributed by atoms with van der Waals surface area (Å²) in [6.07, 6.45) is 1.03. The molecule has 0 aliphatic carbocycles. The predicted molar refractivity (Wildman–Crippen MR) is 89.3 cm³/mol. The molecule has 1 atom stereocenters. The van der Waals surface area contributed by atoms with Crippen LogP contribution in [0.4, 0.5) is 0 Å². The highest BCUT2D eigenvalue weighted by atomic mass is 32.1. The molecule has 4 heteroatoms. The molecule has 1 amide bonds. The highest BCUT2D eigenvalue weighted by Gasteiger charge is 2.29. The smallest absolute Gasteiger partial charge is 0.282 e. The molecule has 110 valence electrons.